The summed E-state index contributed by atoms with van der Waals surface area (Å²) in [6, 6.07) is 16.8. The molecule has 3 aromatic carbocycles. The molecule has 2 radical (unpaired) electrons. The summed E-state index contributed by atoms with van der Waals surface area (Å²) in [6.07, 6.45) is 0. The molecule has 0 atom stereocenters. The molecule has 22 heavy (non-hydrogen) atoms. The summed E-state index contributed by atoms with van der Waals surface area (Å²) >= 11 is 0. The van der Waals surface area contributed by atoms with Crippen LogP contribution < -0.4 is 0 Å². The summed E-state index contributed by atoms with van der Waals surface area (Å²) in [4.78, 5) is 0.161. The molecule has 0 aromatic heterocycles. The third kappa shape index (κ3) is 3.11. The molecular weight excluding hydrogens is 309 g/mol. The first-order valence-corrected chi connectivity index (χ1v) is 7.90. The van der Waals surface area contributed by atoms with Crippen molar-refractivity contribution in [2.75, 3.05) is 0 Å². The van der Waals surface area contributed by atoms with Crippen LogP contribution in [0.5, 0.6) is 0 Å². The van der Waals surface area contributed by atoms with Crippen molar-refractivity contribution in [3.8, 4) is 0 Å². The van der Waals surface area contributed by atoms with E-state index in [1.54, 1.807) is 12.1 Å². The van der Waals surface area contributed by atoms with Gasteiger partial charge in [0, 0.05) is 28.4 Å². The van der Waals surface area contributed by atoms with Gasteiger partial charge in [-0.2, -0.15) is 8.42 Å². The van der Waals surface area contributed by atoms with Crippen LogP contribution in [0.15, 0.2) is 71.8 Å². The van der Waals surface area contributed by atoms with E-state index in [1.165, 1.54) is 6.92 Å². The Morgan fingerprint density at radius 1 is 0.955 bits per heavy atom. The normalized spacial score (nSPS) is 11.1. The lowest BCUT2D eigenvalue weighted by Gasteiger charge is -2.10. The van der Waals surface area contributed by atoms with E-state index in [-0.39, 0.29) is 33.7 Å². The molecular formula is C17H14MgO3S. The first-order valence-electron chi connectivity index (χ1n) is 6.49. The number of rotatable bonds is 3. The second kappa shape index (κ2) is 6.28. The molecule has 3 nitrogen and oxygen atoms in total. The van der Waals surface area contributed by atoms with Crippen LogP contribution in [0.3, 0.4) is 0 Å². The average Bonchev–Trinajstić information content (AvgIpc) is 2.43. The zero-order valence-corrected chi connectivity index (χ0v) is 14.5. The van der Waals surface area contributed by atoms with Crippen LogP contribution in [0.4, 0.5) is 0 Å². The van der Waals surface area contributed by atoms with E-state index in [2.05, 4.69) is 6.58 Å². The maximum absolute atomic E-state index is 12.3. The fraction of sp³-hybridized carbons (Fsp3) is 0.0588. The standard InChI is InChI=1S/C17H14O3S.Mg/c1-12(2)20-21(18,19)17-9-5-8-15-10-13-6-3-4-7-14(13)11-16(15)17;/h3-11H,1H2,2H3;. The Kier molecular flexibility index (Phi) is 4.80. The lowest BCUT2D eigenvalue weighted by molar-refractivity contribution is 0.411. The van der Waals surface area contributed by atoms with E-state index in [0.717, 1.165) is 16.2 Å². The van der Waals surface area contributed by atoms with Gasteiger partial charge in [-0.1, -0.05) is 43.0 Å². The van der Waals surface area contributed by atoms with Gasteiger partial charge in [0.25, 0.3) is 0 Å². The predicted octanol–water partition coefficient (Wildman–Crippen LogP) is 3.85. The first kappa shape index (κ1) is 16.8. The fourth-order valence-electron chi connectivity index (χ4n) is 2.39. The van der Waals surface area contributed by atoms with Crippen molar-refractivity contribution >= 4 is 54.7 Å². The minimum Gasteiger partial charge on any atom is -0.384 e. The Bertz CT molecular complexity index is 962. The van der Waals surface area contributed by atoms with Crippen molar-refractivity contribution < 1.29 is 12.6 Å². The molecule has 0 saturated carbocycles. The van der Waals surface area contributed by atoms with Gasteiger partial charge in [0.05, 0.1) is 0 Å². The molecule has 5 heteroatoms. The lowest BCUT2D eigenvalue weighted by atomic mass is 10.0. The van der Waals surface area contributed by atoms with Crippen molar-refractivity contribution in [2.45, 2.75) is 11.8 Å². The number of hydrogen-bond acceptors (Lipinski definition) is 3. The quantitative estimate of drug-likeness (QED) is 0.318. The maximum atomic E-state index is 12.3. The van der Waals surface area contributed by atoms with Crippen LogP contribution >= 0.6 is 0 Å². The zero-order valence-electron chi connectivity index (χ0n) is 12.2. The predicted molar refractivity (Wildman–Crippen MR) is 90.3 cm³/mol. The van der Waals surface area contributed by atoms with Crippen LogP contribution in [-0.4, -0.2) is 31.5 Å². The summed E-state index contributed by atoms with van der Waals surface area (Å²) in [6.45, 7) is 5.01. The zero-order chi connectivity index (χ0) is 15.0. The first-order chi connectivity index (χ1) is 9.97. The van der Waals surface area contributed by atoms with Gasteiger partial charge in [0.15, 0.2) is 0 Å². The molecule has 3 aromatic rings. The smallest absolute Gasteiger partial charge is 0.339 e. The summed E-state index contributed by atoms with van der Waals surface area (Å²) in [5, 5.41) is 3.57. The van der Waals surface area contributed by atoms with Crippen LogP contribution in [0, 0.1) is 0 Å². The number of hydrogen-bond donors (Lipinski definition) is 0. The second-order valence-corrected chi connectivity index (χ2v) is 6.43. The summed E-state index contributed by atoms with van der Waals surface area (Å²) in [5.74, 6) is 0.146. The van der Waals surface area contributed by atoms with Gasteiger partial charge in [-0.05, 0) is 41.3 Å². The molecule has 0 unspecified atom stereocenters. The molecule has 0 heterocycles. The molecule has 0 aliphatic rings. The molecule has 108 valence electrons. The number of allylic oxidation sites excluding steroid dienone is 1. The van der Waals surface area contributed by atoms with E-state index >= 15 is 0 Å². The molecule has 0 fully saturated rings. The summed E-state index contributed by atoms with van der Waals surface area (Å²) in [7, 11) is -3.85. The number of fused-ring (bicyclic) bond motifs is 2. The molecule has 0 N–H and O–H groups in total. The van der Waals surface area contributed by atoms with Crippen LogP contribution in [0.25, 0.3) is 21.5 Å². The Hall–Kier alpha value is -1.56. The van der Waals surface area contributed by atoms with Gasteiger partial charge < -0.3 is 4.18 Å². The van der Waals surface area contributed by atoms with Crippen molar-refractivity contribution in [1.29, 1.82) is 0 Å². The minimum atomic E-state index is -3.85. The van der Waals surface area contributed by atoms with Gasteiger partial charge >= 0.3 is 10.1 Å². The highest BCUT2D eigenvalue weighted by Gasteiger charge is 2.19. The fourth-order valence-corrected chi connectivity index (χ4v) is 3.54. The summed E-state index contributed by atoms with van der Waals surface area (Å²) < 4.78 is 29.5. The molecule has 0 saturated heterocycles. The minimum absolute atomic E-state index is 0. The molecule has 3 rings (SSSR count). The maximum Gasteiger partial charge on any atom is 0.339 e. The number of benzene rings is 3. The Labute approximate surface area is 145 Å². The van der Waals surface area contributed by atoms with Gasteiger partial charge in [0.2, 0.25) is 0 Å². The van der Waals surface area contributed by atoms with E-state index in [4.69, 9.17) is 4.18 Å². The Morgan fingerprint density at radius 2 is 1.55 bits per heavy atom. The third-order valence-corrected chi connectivity index (χ3v) is 4.63. The topological polar surface area (TPSA) is 43.4 Å². The SMILES string of the molecule is C=C(C)OS(=O)(=O)c1cccc2cc3ccccc3cc12.[Mg]. The van der Waals surface area contributed by atoms with Crippen molar-refractivity contribution in [3.63, 3.8) is 0 Å². The van der Waals surface area contributed by atoms with Crippen molar-refractivity contribution in [3.05, 3.63) is 66.9 Å². The highest BCUT2D eigenvalue weighted by atomic mass is 32.2. The van der Waals surface area contributed by atoms with E-state index in [0.29, 0.717) is 5.39 Å². The van der Waals surface area contributed by atoms with Crippen LogP contribution in [-0.2, 0) is 14.3 Å². The van der Waals surface area contributed by atoms with Crippen LogP contribution in [0.2, 0.25) is 0 Å². The van der Waals surface area contributed by atoms with Crippen LogP contribution in [0.1, 0.15) is 6.92 Å². The van der Waals surface area contributed by atoms with E-state index in [9.17, 15) is 8.42 Å². The Morgan fingerprint density at radius 3 is 2.18 bits per heavy atom. The third-order valence-electron chi connectivity index (χ3n) is 3.23. The van der Waals surface area contributed by atoms with Gasteiger partial charge in [-0.3, -0.25) is 0 Å². The van der Waals surface area contributed by atoms with Crippen molar-refractivity contribution in [1.82, 2.24) is 0 Å². The van der Waals surface area contributed by atoms with Gasteiger partial charge in [-0.25, -0.2) is 0 Å². The molecule has 0 spiro atoms. The van der Waals surface area contributed by atoms with E-state index in [1.807, 2.05) is 42.5 Å². The van der Waals surface area contributed by atoms with Gasteiger partial charge in [0.1, 0.15) is 10.7 Å². The molecule has 0 aliphatic heterocycles. The molecule has 0 amide bonds. The Balaban J connectivity index is 0.00000176. The average molecular weight is 323 g/mol. The lowest BCUT2D eigenvalue weighted by Crippen LogP contribution is -2.05. The van der Waals surface area contributed by atoms with E-state index < -0.39 is 10.1 Å². The molecule has 0 aliphatic carbocycles. The van der Waals surface area contributed by atoms with Gasteiger partial charge in [-0.15, -0.1) is 0 Å². The highest BCUT2D eigenvalue weighted by molar-refractivity contribution is 7.87. The largest absolute Gasteiger partial charge is 0.384 e. The highest BCUT2D eigenvalue weighted by Crippen LogP contribution is 2.29. The van der Waals surface area contributed by atoms with Crippen molar-refractivity contribution in [2.24, 2.45) is 0 Å². The monoisotopic (exact) mass is 322 g/mol. The summed E-state index contributed by atoms with van der Waals surface area (Å²) in [5.41, 5.74) is 0. The molecule has 0 bridgehead atoms. The second-order valence-electron chi connectivity index (χ2n) is 4.92.